The van der Waals surface area contributed by atoms with Gasteiger partial charge in [-0.15, -0.1) is 0 Å². The van der Waals surface area contributed by atoms with Gasteiger partial charge in [-0.1, -0.05) is 18.2 Å². The Morgan fingerprint density at radius 3 is 2.50 bits per heavy atom. The highest BCUT2D eigenvalue weighted by Crippen LogP contribution is 2.30. The van der Waals surface area contributed by atoms with Gasteiger partial charge < -0.3 is 5.32 Å². The van der Waals surface area contributed by atoms with Gasteiger partial charge in [0.15, 0.2) is 0 Å². The maximum atomic E-state index is 12.7. The predicted molar refractivity (Wildman–Crippen MR) is 91.6 cm³/mol. The number of nitrogens with one attached hydrogen (secondary N) is 2. The van der Waals surface area contributed by atoms with E-state index in [0.29, 0.717) is 6.54 Å². The van der Waals surface area contributed by atoms with E-state index >= 15 is 0 Å². The zero-order valence-corrected chi connectivity index (χ0v) is 15.0. The Morgan fingerprint density at radius 2 is 1.75 bits per heavy atom. The molecule has 0 aliphatic carbocycles. The normalized spacial score (nSPS) is 25.5. The molecule has 2 aliphatic heterocycles. The lowest BCUT2D eigenvalue weighted by molar-refractivity contribution is 0.334. The van der Waals surface area contributed by atoms with E-state index in [9.17, 15) is 16.8 Å². The number of hydrogen-bond donors (Lipinski definition) is 2. The molecule has 2 heterocycles. The molecule has 1 aromatic rings. The summed E-state index contributed by atoms with van der Waals surface area (Å²) in [7, 11) is -7.16. The van der Waals surface area contributed by atoms with Gasteiger partial charge in [-0.05, 0) is 37.9 Å². The molecule has 2 saturated heterocycles. The van der Waals surface area contributed by atoms with Crippen LogP contribution in [0, 0.1) is 0 Å². The van der Waals surface area contributed by atoms with Crippen molar-refractivity contribution in [3.8, 4) is 0 Å². The number of nitrogens with zero attached hydrogens (tertiary/aromatic N) is 1. The van der Waals surface area contributed by atoms with E-state index in [1.165, 1.54) is 12.1 Å². The first-order valence-corrected chi connectivity index (χ1v) is 11.3. The molecule has 2 aliphatic rings. The smallest absolute Gasteiger partial charge is 0.240 e. The molecule has 2 bridgehead atoms. The van der Waals surface area contributed by atoms with E-state index in [1.807, 2.05) is 0 Å². The SMILES string of the molecule is O=S(=O)(NCCS(=O)(=O)N1C2CCNCC1CC2)c1ccccc1. The Labute approximate surface area is 143 Å². The second-order valence-corrected chi connectivity index (χ2v) is 10.00. The summed E-state index contributed by atoms with van der Waals surface area (Å²) in [6, 6.07) is 8.00. The topological polar surface area (TPSA) is 95.6 Å². The Hall–Kier alpha value is -1.00. The highest BCUT2D eigenvalue weighted by molar-refractivity contribution is 7.90. The summed E-state index contributed by atoms with van der Waals surface area (Å²) < 4.78 is 53.7. The van der Waals surface area contributed by atoms with Crippen molar-refractivity contribution in [1.29, 1.82) is 0 Å². The first kappa shape index (κ1) is 17.8. The van der Waals surface area contributed by atoms with Crippen LogP contribution in [0.1, 0.15) is 19.3 Å². The molecule has 0 radical (unpaired) electrons. The zero-order chi connectivity index (χ0) is 17.2. The molecule has 2 unspecified atom stereocenters. The molecule has 134 valence electrons. The van der Waals surface area contributed by atoms with Crippen LogP contribution in [0.25, 0.3) is 0 Å². The maximum Gasteiger partial charge on any atom is 0.240 e. The molecule has 0 amide bonds. The highest BCUT2D eigenvalue weighted by atomic mass is 32.2. The van der Waals surface area contributed by atoms with Gasteiger partial charge in [-0.2, -0.15) is 4.31 Å². The van der Waals surface area contributed by atoms with Crippen molar-refractivity contribution in [3.05, 3.63) is 30.3 Å². The first-order chi connectivity index (χ1) is 11.4. The van der Waals surface area contributed by atoms with Gasteiger partial charge in [0.1, 0.15) is 0 Å². The highest BCUT2D eigenvalue weighted by Gasteiger charge is 2.41. The number of benzene rings is 1. The van der Waals surface area contributed by atoms with Crippen molar-refractivity contribution in [2.45, 2.75) is 36.2 Å². The third kappa shape index (κ3) is 3.80. The molecule has 2 fully saturated rings. The van der Waals surface area contributed by atoms with E-state index in [4.69, 9.17) is 0 Å². The molecular weight excluding hydrogens is 350 g/mol. The minimum atomic E-state index is -3.68. The van der Waals surface area contributed by atoms with Crippen molar-refractivity contribution in [2.75, 3.05) is 25.4 Å². The third-order valence-corrected chi connectivity index (χ3v) is 8.05. The molecule has 24 heavy (non-hydrogen) atoms. The average molecular weight is 374 g/mol. The van der Waals surface area contributed by atoms with Crippen molar-refractivity contribution in [1.82, 2.24) is 14.3 Å². The van der Waals surface area contributed by atoms with Crippen LogP contribution in [0.4, 0.5) is 0 Å². The van der Waals surface area contributed by atoms with E-state index < -0.39 is 20.0 Å². The van der Waals surface area contributed by atoms with E-state index in [-0.39, 0.29) is 29.3 Å². The van der Waals surface area contributed by atoms with Crippen LogP contribution in [0.15, 0.2) is 35.2 Å². The van der Waals surface area contributed by atoms with Gasteiger partial charge in [0.05, 0.1) is 10.6 Å². The van der Waals surface area contributed by atoms with E-state index in [0.717, 1.165) is 25.8 Å². The first-order valence-electron chi connectivity index (χ1n) is 8.17. The maximum absolute atomic E-state index is 12.7. The van der Waals surface area contributed by atoms with Gasteiger partial charge in [-0.3, -0.25) is 0 Å². The molecule has 0 aromatic heterocycles. The lowest BCUT2D eigenvalue weighted by atomic mass is 10.1. The monoisotopic (exact) mass is 373 g/mol. The molecule has 1 aromatic carbocycles. The summed E-state index contributed by atoms with van der Waals surface area (Å²) in [5, 5.41) is 3.26. The standard InChI is InChI=1S/C15H23N3O4S2/c19-23(20,18-13-6-7-14(18)12-16-9-8-13)11-10-17-24(21,22)15-4-2-1-3-5-15/h1-5,13-14,16-17H,6-12H2. The summed E-state index contributed by atoms with van der Waals surface area (Å²) in [6.07, 6.45) is 2.57. The largest absolute Gasteiger partial charge is 0.315 e. The van der Waals surface area contributed by atoms with Crippen LogP contribution in [0.3, 0.4) is 0 Å². The van der Waals surface area contributed by atoms with Crippen LogP contribution in [0.2, 0.25) is 0 Å². The molecule has 2 N–H and O–H groups in total. The third-order valence-electron chi connectivity index (χ3n) is 4.61. The molecular formula is C15H23N3O4S2. The second kappa shape index (κ2) is 7.09. The molecule has 0 spiro atoms. The molecule has 9 heteroatoms. The summed E-state index contributed by atoms with van der Waals surface area (Å²) in [5.41, 5.74) is 0. The molecule has 7 nitrogen and oxygen atoms in total. The summed E-state index contributed by atoms with van der Waals surface area (Å²) >= 11 is 0. The Kier molecular flexibility index (Phi) is 5.26. The van der Waals surface area contributed by atoms with Gasteiger partial charge >= 0.3 is 0 Å². The predicted octanol–water partition coefficient (Wildman–Crippen LogP) is 0.121. The van der Waals surface area contributed by atoms with Crippen molar-refractivity contribution in [2.24, 2.45) is 0 Å². The number of sulfonamides is 2. The number of rotatable bonds is 6. The van der Waals surface area contributed by atoms with Crippen LogP contribution >= 0.6 is 0 Å². The van der Waals surface area contributed by atoms with Crippen LogP contribution in [-0.4, -0.2) is 58.6 Å². The van der Waals surface area contributed by atoms with Gasteiger partial charge in [0, 0.05) is 25.2 Å². The quantitative estimate of drug-likeness (QED) is 0.739. The van der Waals surface area contributed by atoms with Gasteiger partial charge in [0.2, 0.25) is 20.0 Å². The van der Waals surface area contributed by atoms with Gasteiger partial charge in [-0.25, -0.2) is 21.6 Å². The minimum absolute atomic E-state index is 0.00627. The minimum Gasteiger partial charge on any atom is -0.315 e. The Morgan fingerprint density at radius 1 is 1.04 bits per heavy atom. The second-order valence-electron chi connectivity index (χ2n) is 6.23. The Balaban J connectivity index is 1.64. The van der Waals surface area contributed by atoms with E-state index in [2.05, 4.69) is 10.0 Å². The number of fused-ring (bicyclic) bond motifs is 2. The summed E-state index contributed by atoms with van der Waals surface area (Å²) in [4.78, 5) is 0.140. The van der Waals surface area contributed by atoms with Crippen LogP contribution in [-0.2, 0) is 20.0 Å². The van der Waals surface area contributed by atoms with Crippen molar-refractivity contribution < 1.29 is 16.8 Å². The lowest BCUT2D eigenvalue weighted by Gasteiger charge is -2.26. The van der Waals surface area contributed by atoms with Gasteiger partial charge in [0.25, 0.3) is 0 Å². The van der Waals surface area contributed by atoms with Crippen LogP contribution in [0.5, 0.6) is 0 Å². The van der Waals surface area contributed by atoms with Crippen molar-refractivity contribution in [3.63, 3.8) is 0 Å². The zero-order valence-electron chi connectivity index (χ0n) is 13.4. The van der Waals surface area contributed by atoms with Crippen molar-refractivity contribution >= 4 is 20.0 Å². The fraction of sp³-hybridized carbons (Fsp3) is 0.600. The summed E-state index contributed by atoms with van der Waals surface area (Å²) in [5.74, 6) is -0.216. The summed E-state index contributed by atoms with van der Waals surface area (Å²) in [6.45, 7) is 1.38. The molecule has 0 saturated carbocycles. The fourth-order valence-corrected chi connectivity index (χ4v) is 6.54. The van der Waals surface area contributed by atoms with E-state index in [1.54, 1.807) is 22.5 Å². The average Bonchev–Trinajstić information content (AvgIpc) is 2.81. The lowest BCUT2D eigenvalue weighted by Crippen LogP contribution is -2.45. The molecule has 3 rings (SSSR count). The van der Waals surface area contributed by atoms with Crippen LogP contribution < -0.4 is 10.0 Å². The molecule has 2 atom stereocenters. The Bertz CT molecular complexity index is 751. The fourth-order valence-electron chi connectivity index (χ4n) is 3.49. The number of hydrogen-bond acceptors (Lipinski definition) is 5.